The van der Waals surface area contributed by atoms with E-state index in [0.717, 1.165) is 24.3 Å². The van der Waals surface area contributed by atoms with Gasteiger partial charge in [-0.3, -0.25) is 9.59 Å². The summed E-state index contributed by atoms with van der Waals surface area (Å²) in [5.41, 5.74) is 1.76. The third kappa shape index (κ3) is 3.80. The van der Waals surface area contributed by atoms with E-state index in [4.69, 9.17) is 11.6 Å². The molecular formula is C16H19ClN2O3. The number of hydrogen-bond donors (Lipinski definition) is 1. The van der Waals surface area contributed by atoms with E-state index >= 15 is 0 Å². The van der Waals surface area contributed by atoms with Crippen molar-refractivity contribution in [2.24, 2.45) is 0 Å². The Morgan fingerprint density at radius 3 is 2.64 bits per heavy atom. The van der Waals surface area contributed by atoms with Crippen molar-refractivity contribution in [2.45, 2.75) is 12.8 Å². The molecule has 6 heteroatoms. The molecule has 0 aromatic heterocycles. The van der Waals surface area contributed by atoms with E-state index in [-0.39, 0.29) is 12.5 Å². The number of hydrogen-bond acceptors (Lipinski definition) is 4. The molecule has 0 saturated heterocycles. The van der Waals surface area contributed by atoms with Crippen molar-refractivity contribution in [2.75, 3.05) is 31.6 Å². The average Bonchev–Trinajstić information content (AvgIpc) is 3.05. The number of nitrogens with one attached hydrogen (secondary N) is 1. The van der Waals surface area contributed by atoms with Crippen molar-refractivity contribution in [1.29, 1.82) is 0 Å². The first-order valence-electron chi connectivity index (χ1n) is 7.07. The van der Waals surface area contributed by atoms with E-state index < -0.39 is 11.9 Å². The number of anilines is 1. The van der Waals surface area contributed by atoms with Gasteiger partial charge in [0, 0.05) is 13.1 Å². The summed E-state index contributed by atoms with van der Waals surface area (Å²) in [5, 5.41) is 3.16. The van der Waals surface area contributed by atoms with Gasteiger partial charge in [0.25, 0.3) is 0 Å². The zero-order valence-electron chi connectivity index (χ0n) is 12.6. The molecule has 1 heterocycles. The van der Waals surface area contributed by atoms with Gasteiger partial charge in [0.15, 0.2) is 0 Å². The van der Waals surface area contributed by atoms with Crippen LogP contribution in [-0.2, 0) is 14.3 Å². The summed E-state index contributed by atoms with van der Waals surface area (Å²) in [6, 6.07) is 5.62. The Balaban J connectivity index is 2.03. The van der Waals surface area contributed by atoms with Crippen LogP contribution in [0.1, 0.15) is 18.4 Å². The van der Waals surface area contributed by atoms with Crippen LogP contribution >= 0.6 is 11.6 Å². The van der Waals surface area contributed by atoms with Gasteiger partial charge in [0.1, 0.15) is 6.54 Å². The van der Waals surface area contributed by atoms with E-state index in [9.17, 15) is 9.59 Å². The van der Waals surface area contributed by atoms with Gasteiger partial charge >= 0.3 is 5.97 Å². The molecule has 0 saturated carbocycles. The van der Waals surface area contributed by atoms with E-state index in [1.807, 2.05) is 12.1 Å². The normalized spacial score (nSPS) is 14.8. The fraction of sp³-hybridized carbons (Fsp3) is 0.375. The average molecular weight is 323 g/mol. The highest BCUT2D eigenvalue weighted by molar-refractivity contribution is 6.33. The van der Waals surface area contributed by atoms with E-state index in [1.165, 1.54) is 7.11 Å². The van der Waals surface area contributed by atoms with Crippen LogP contribution in [-0.4, -0.2) is 38.6 Å². The van der Waals surface area contributed by atoms with Gasteiger partial charge in [0.05, 0.1) is 23.7 Å². The maximum Gasteiger partial charge on any atom is 0.325 e. The van der Waals surface area contributed by atoms with E-state index in [2.05, 4.69) is 27.1 Å². The number of carbonyl (C=O) groups is 2. The molecule has 5 nitrogen and oxygen atoms in total. The largest absolute Gasteiger partial charge is 0.468 e. The molecule has 0 spiro atoms. The zero-order valence-corrected chi connectivity index (χ0v) is 13.4. The molecule has 118 valence electrons. The number of rotatable bonds is 5. The van der Waals surface area contributed by atoms with Crippen LogP contribution < -0.4 is 10.2 Å². The predicted molar refractivity (Wildman–Crippen MR) is 86.2 cm³/mol. The number of esters is 1. The molecule has 1 aromatic carbocycles. The Morgan fingerprint density at radius 1 is 1.36 bits per heavy atom. The van der Waals surface area contributed by atoms with Crippen LogP contribution in [0.15, 0.2) is 30.4 Å². The molecule has 1 atom stereocenters. The highest BCUT2D eigenvalue weighted by atomic mass is 35.5. The van der Waals surface area contributed by atoms with Crippen LogP contribution in [0.3, 0.4) is 0 Å². The van der Waals surface area contributed by atoms with Crippen molar-refractivity contribution in [3.05, 3.63) is 40.9 Å². The Morgan fingerprint density at radius 2 is 2.05 bits per heavy atom. The zero-order chi connectivity index (χ0) is 16.1. The van der Waals surface area contributed by atoms with Crippen LogP contribution in [0.4, 0.5) is 5.69 Å². The maximum atomic E-state index is 12.0. The van der Waals surface area contributed by atoms with Gasteiger partial charge in [-0.1, -0.05) is 29.8 Å². The number of carbonyl (C=O) groups excluding carboxylic acids is 2. The number of benzene rings is 1. The van der Waals surface area contributed by atoms with Crippen molar-refractivity contribution in [1.82, 2.24) is 5.32 Å². The summed E-state index contributed by atoms with van der Waals surface area (Å²) < 4.78 is 4.49. The molecule has 2 rings (SSSR count). The lowest BCUT2D eigenvalue weighted by Gasteiger charge is -2.20. The standard InChI is InChI=1S/C16H19ClN2O3/c1-11(16(21)18-10-15(20)22-2)12-5-6-14(13(17)9-12)19-7-3-4-8-19/h3-6,9,11H,7-8,10H2,1-2H3,(H,18,21). The smallest absolute Gasteiger partial charge is 0.325 e. The van der Waals surface area contributed by atoms with Crippen LogP contribution in [0.2, 0.25) is 5.02 Å². The molecule has 0 fully saturated rings. The van der Waals surface area contributed by atoms with Gasteiger partial charge in [-0.05, 0) is 24.6 Å². The monoisotopic (exact) mass is 322 g/mol. The minimum absolute atomic E-state index is 0.134. The first-order valence-corrected chi connectivity index (χ1v) is 7.44. The van der Waals surface area contributed by atoms with Crippen LogP contribution in [0.5, 0.6) is 0 Å². The Hall–Kier alpha value is -2.01. The quantitative estimate of drug-likeness (QED) is 0.666. The molecule has 1 aliphatic heterocycles. The highest BCUT2D eigenvalue weighted by Gasteiger charge is 2.18. The lowest BCUT2D eigenvalue weighted by Crippen LogP contribution is -2.33. The molecule has 22 heavy (non-hydrogen) atoms. The van der Waals surface area contributed by atoms with Crippen molar-refractivity contribution >= 4 is 29.2 Å². The molecule has 1 aliphatic rings. The second kappa shape index (κ2) is 7.31. The van der Waals surface area contributed by atoms with Crippen molar-refractivity contribution in [3.8, 4) is 0 Å². The molecule has 1 unspecified atom stereocenters. The molecule has 0 radical (unpaired) electrons. The number of nitrogens with zero attached hydrogens (tertiary/aromatic N) is 1. The molecular weight excluding hydrogens is 304 g/mol. The van der Waals surface area contributed by atoms with Crippen molar-refractivity contribution < 1.29 is 14.3 Å². The summed E-state index contributed by atoms with van der Waals surface area (Å²) in [7, 11) is 1.28. The molecule has 1 amide bonds. The fourth-order valence-electron chi connectivity index (χ4n) is 2.26. The molecule has 1 N–H and O–H groups in total. The van der Waals surface area contributed by atoms with Crippen LogP contribution in [0.25, 0.3) is 0 Å². The first-order chi connectivity index (χ1) is 10.5. The minimum atomic E-state index is -0.476. The van der Waals surface area contributed by atoms with E-state index in [0.29, 0.717) is 5.02 Å². The summed E-state index contributed by atoms with van der Waals surface area (Å²) in [6.45, 7) is 3.32. The molecule has 1 aromatic rings. The topological polar surface area (TPSA) is 58.6 Å². The third-order valence-electron chi connectivity index (χ3n) is 3.66. The van der Waals surface area contributed by atoms with E-state index in [1.54, 1.807) is 13.0 Å². The summed E-state index contributed by atoms with van der Waals surface area (Å²) >= 11 is 6.33. The summed E-state index contributed by atoms with van der Waals surface area (Å²) in [4.78, 5) is 25.2. The number of amides is 1. The van der Waals surface area contributed by atoms with Crippen LogP contribution in [0, 0.1) is 0 Å². The maximum absolute atomic E-state index is 12.0. The minimum Gasteiger partial charge on any atom is -0.468 e. The second-order valence-electron chi connectivity index (χ2n) is 5.10. The second-order valence-corrected chi connectivity index (χ2v) is 5.51. The fourth-order valence-corrected chi connectivity index (χ4v) is 2.57. The highest BCUT2D eigenvalue weighted by Crippen LogP contribution is 2.30. The molecule has 0 aliphatic carbocycles. The summed E-state index contributed by atoms with van der Waals surface area (Å²) in [5.74, 6) is -1.11. The summed E-state index contributed by atoms with van der Waals surface area (Å²) in [6.07, 6.45) is 4.18. The Labute approximate surface area is 134 Å². The van der Waals surface area contributed by atoms with Gasteiger partial charge < -0.3 is 15.0 Å². The lowest BCUT2D eigenvalue weighted by molar-refractivity contribution is -0.141. The van der Waals surface area contributed by atoms with Crippen molar-refractivity contribution in [3.63, 3.8) is 0 Å². The number of methoxy groups -OCH3 is 1. The Bertz CT molecular complexity index is 593. The predicted octanol–water partition coefficient (Wildman–Crippen LogP) is 2.11. The molecule has 0 bridgehead atoms. The van der Waals surface area contributed by atoms with Gasteiger partial charge in [0.2, 0.25) is 5.91 Å². The number of ether oxygens (including phenoxy) is 1. The van der Waals surface area contributed by atoms with Gasteiger partial charge in [-0.2, -0.15) is 0 Å². The first kappa shape index (κ1) is 16.4. The third-order valence-corrected chi connectivity index (χ3v) is 3.96. The number of halogens is 1. The SMILES string of the molecule is COC(=O)CNC(=O)C(C)c1ccc(N2CC=CC2)c(Cl)c1. The Kier molecular flexibility index (Phi) is 5.44. The van der Waals surface area contributed by atoms with Gasteiger partial charge in [-0.15, -0.1) is 0 Å². The lowest BCUT2D eigenvalue weighted by atomic mass is 10.00. The van der Waals surface area contributed by atoms with Gasteiger partial charge in [-0.25, -0.2) is 0 Å².